The Balaban J connectivity index is 2.19. The fourth-order valence-corrected chi connectivity index (χ4v) is 2.36. The smallest absolute Gasteiger partial charge is 0.234 e. The molecule has 0 aliphatic heterocycles. The number of allylic oxidation sites excluding steroid dienone is 1. The topological polar surface area (TPSA) is 34.1 Å². The van der Waals surface area contributed by atoms with E-state index in [2.05, 4.69) is 0 Å². The van der Waals surface area contributed by atoms with Crippen LogP contribution in [0.4, 0.5) is 0 Å². The Morgan fingerprint density at radius 2 is 1.42 bits per heavy atom. The highest BCUT2D eigenvalue weighted by molar-refractivity contribution is 6.64. The van der Waals surface area contributed by atoms with Crippen LogP contribution in [-0.4, -0.2) is 11.6 Å². The summed E-state index contributed by atoms with van der Waals surface area (Å²) in [7, 11) is 0. The lowest BCUT2D eigenvalue weighted by molar-refractivity contribution is -0.109. The molecule has 0 heterocycles. The van der Waals surface area contributed by atoms with Gasteiger partial charge in [-0.15, -0.1) is 0 Å². The standard InChI is InChI=1S/C16H9ClO2/c17-14-8-4-1-5-10(14)9-13-11-6-2-3-7-12(11)15(18)16(13)19/h1-9H. The molecule has 19 heavy (non-hydrogen) atoms. The summed E-state index contributed by atoms with van der Waals surface area (Å²) in [6, 6.07) is 14.2. The second kappa shape index (κ2) is 4.48. The first-order chi connectivity index (χ1) is 9.18. The van der Waals surface area contributed by atoms with Gasteiger partial charge in [0.2, 0.25) is 11.6 Å². The minimum atomic E-state index is -0.471. The van der Waals surface area contributed by atoms with Crippen LogP contribution in [-0.2, 0) is 4.79 Å². The van der Waals surface area contributed by atoms with Crippen molar-refractivity contribution in [2.75, 3.05) is 0 Å². The van der Waals surface area contributed by atoms with Gasteiger partial charge < -0.3 is 0 Å². The molecule has 92 valence electrons. The second-order valence-corrected chi connectivity index (χ2v) is 4.69. The largest absolute Gasteiger partial charge is 0.285 e. The number of benzene rings is 2. The van der Waals surface area contributed by atoms with Gasteiger partial charge in [-0.1, -0.05) is 54.1 Å². The second-order valence-electron chi connectivity index (χ2n) is 4.28. The highest BCUT2D eigenvalue weighted by atomic mass is 35.5. The van der Waals surface area contributed by atoms with Crippen molar-refractivity contribution in [3.63, 3.8) is 0 Å². The molecule has 0 unspecified atom stereocenters. The molecule has 0 fully saturated rings. The van der Waals surface area contributed by atoms with Crippen LogP contribution in [0.1, 0.15) is 21.5 Å². The van der Waals surface area contributed by atoms with Crippen LogP contribution in [0.15, 0.2) is 48.5 Å². The number of Topliss-reactive ketones (excluding diaryl/α,β-unsaturated/α-hetero) is 2. The number of carbonyl (C=O) groups excluding carboxylic acids is 2. The molecule has 0 atom stereocenters. The fourth-order valence-electron chi connectivity index (χ4n) is 2.17. The molecule has 2 aromatic rings. The van der Waals surface area contributed by atoms with Gasteiger partial charge in [-0.05, 0) is 23.3 Å². The van der Waals surface area contributed by atoms with Crippen LogP contribution in [0, 0.1) is 0 Å². The van der Waals surface area contributed by atoms with Crippen molar-refractivity contribution < 1.29 is 9.59 Å². The van der Waals surface area contributed by atoms with Gasteiger partial charge in [0.25, 0.3) is 0 Å². The maximum atomic E-state index is 12.0. The Morgan fingerprint density at radius 3 is 2.16 bits per heavy atom. The molecule has 0 aromatic heterocycles. The van der Waals surface area contributed by atoms with Crippen LogP contribution >= 0.6 is 11.6 Å². The summed E-state index contributed by atoms with van der Waals surface area (Å²) in [6.07, 6.45) is 1.67. The van der Waals surface area contributed by atoms with Crippen molar-refractivity contribution in [3.8, 4) is 0 Å². The van der Waals surface area contributed by atoms with Gasteiger partial charge in [0, 0.05) is 16.2 Å². The number of carbonyl (C=O) groups is 2. The highest BCUT2D eigenvalue weighted by Gasteiger charge is 2.32. The van der Waals surface area contributed by atoms with Crippen LogP contribution in [0.3, 0.4) is 0 Å². The van der Waals surface area contributed by atoms with Crippen molar-refractivity contribution in [2.24, 2.45) is 0 Å². The molecule has 0 spiro atoms. The monoisotopic (exact) mass is 268 g/mol. The van der Waals surface area contributed by atoms with E-state index in [1.807, 2.05) is 24.3 Å². The van der Waals surface area contributed by atoms with Gasteiger partial charge in [-0.25, -0.2) is 0 Å². The molecule has 2 nitrogen and oxygen atoms in total. The first kappa shape index (κ1) is 11.9. The zero-order valence-electron chi connectivity index (χ0n) is 9.89. The molecular weight excluding hydrogens is 260 g/mol. The van der Waals surface area contributed by atoms with E-state index in [1.54, 1.807) is 30.3 Å². The van der Waals surface area contributed by atoms with E-state index in [-0.39, 0.29) is 0 Å². The third-order valence-electron chi connectivity index (χ3n) is 3.12. The Bertz CT molecular complexity index is 729. The number of hydrogen-bond acceptors (Lipinski definition) is 2. The minimum Gasteiger partial charge on any atom is -0.285 e. The highest BCUT2D eigenvalue weighted by Crippen LogP contribution is 2.32. The van der Waals surface area contributed by atoms with Crippen LogP contribution in [0.2, 0.25) is 5.02 Å². The van der Waals surface area contributed by atoms with Gasteiger partial charge in [-0.3, -0.25) is 9.59 Å². The van der Waals surface area contributed by atoms with Crippen molar-refractivity contribution in [1.82, 2.24) is 0 Å². The summed E-state index contributed by atoms with van der Waals surface area (Å²) < 4.78 is 0. The lowest BCUT2D eigenvalue weighted by Gasteiger charge is -2.00. The molecule has 0 saturated heterocycles. The van der Waals surface area contributed by atoms with E-state index in [4.69, 9.17) is 11.6 Å². The van der Waals surface area contributed by atoms with Crippen LogP contribution in [0.25, 0.3) is 11.6 Å². The average Bonchev–Trinajstić information content (AvgIpc) is 2.67. The SMILES string of the molecule is O=C1C(=O)c2ccccc2C1=Cc1ccccc1Cl. The van der Waals surface area contributed by atoms with Gasteiger partial charge in [0.15, 0.2) is 0 Å². The summed E-state index contributed by atoms with van der Waals surface area (Å²) in [5.41, 5.74) is 2.29. The van der Waals surface area contributed by atoms with E-state index >= 15 is 0 Å². The van der Waals surface area contributed by atoms with Gasteiger partial charge >= 0.3 is 0 Å². The quantitative estimate of drug-likeness (QED) is 0.584. The summed E-state index contributed by atoms with van der Waals surface area (Å²) in [6.45, 7) is 0. The van der Waals surface area contributed by atoms with Gasteiger partial charge in [0.05, 0.1) is 0 Å². The van der Waals surface area contributed by atoms with Crippen molar-refractivity contribution in [1.29, 1.82) is 0 Å². The fraction of sp³-hybridized carbons (Fsp3) is 0. The summed E-state index contributed by atoms with van der Waals surface area (Å²) in [4.78, 5) is 23.9. The molecule has 0 radical (unpaired) electrons. The summed E-state index contributed by atoms with van der Waals surface area (Å²) >= 11 is 6.07. The molecular formula is C16H9ClO2. The summed E-state index contributed by atoms with van der Waals surface area (Å²) in [5.74, 6) is -0.921. The van der Waals surface area contributed by atoms with Gasteiger partial charge in [0.1, 0.15) is 0 Å². The van der Waals surface area contributed by atoms with E-state index in [0.717, 1.165) is 5.56 Å². The third kappa shape index (κ3) is 1.90. The average molecular weight is 269 g/mol. The maximum Gasteiger partial charge on any atom is 0.234 e. The molecule has 3 heteroatoms. The molecule has 0 amide bonds. The minimum absolute atomic E-state index is 0.411. The maximum absolute atomic E-state index is 12.0. The number of fused-ring (bicyclic) bond motifs is 1. The Hall–Kier alpha value is -2.19. The van der Waals surface area contributed by atoms with Crippen molar-refractivity contribution >= 4 is 34.8 Å². The van der Waals surface area contributed by atoms with E-state index in [0.29, 0.717) is 21.7 Å². The van der Waals surface area contributed by atoms with E-state index < -0.39 is 11.6 Å². The molecule has 3 rings (SSSR count). The Labute approximate surface area is 115 Å². The molecule has 0 bridgehead atoms. The van der Waals surface area contributed by atoms with Crippen molar-refractivity contribution in [3.05, 3.63) is 70.2 Å². The lowest BCUT2D eigenvalue weighted by Crippen LogP contribution is -2.05. The van der Waals surface area contributed by atoms with E-state index in [9.17, 15) is 9.59 Å². The summed E-state index contributed by atoms with van der Waals surface area (Å²) in [5, 5.41) is 0.555. The van der Waals surface area contributed by atoms with Crippen LogP contribution in [0.5, 0.6) is 0 Å². The molecule has 0 N–H and O–H groups in total. The molecule has 2 aromatic carbocycles. The van der Waals surface area contributed by atoms with E-state index in [1.165, 1.54) is 0 Å². The first-order valence-corrected chi connectivity index (χ1v) is 6.21. The number of ketones is 2. The number of rotatable bonds is 1. The zero-order chi connectivity index (χ0) is 13.4. The molecule has 1 aliphatic rings. The molecule has 1 aliphatic carbocycles. The van der Waals surface area contributed by atoms with Gasteiger partial charge in [-0.2, -0.15) is 0 Å². The number of hydrogen-bond donors (Lipinski definition) is 0. The predicted octanol–water partition coefficient (Wildman–Crippen LogP) is 3.65. The third-order valence-corrected chi connectivity index (χ3v) is 3.46. The Kier molecular flexibility index (Phi) is 2.80. The molecule has 0 saturated carbocycles. The Morgan fingerprint density at radius 1 is 0.789 bits per heavy atom. The lowest BCUT2D eigenvalue weighted by atomic mass is 10.0. The number of halogens is 1. The van der Waals surface area contributed by atoms with Crippen molar-refractivity contribution in [2.45, 2.75) is 0 Å². The van der Waals surface area contributed by atoms with Crippen LogP contribution < -0.4 is 0 Å². The zero-order valence-corrected chi connectivity index (χ0v) is 10.6. The normalized spacial score (nSPS) is 15.9. The first-order valence-electron chi connectivity index (χ1n) is 5.83. The predicted molar refractivity (Wildman–Crippen MR) is 75.1 cm³/mol.